The molecule has 1 unspecified atom stereocenters. The molecule has 4 nitrogen and oxygen atoms in total. The molecule has 1 aromatic carbocycles. The Morgan fingerprint density at radius 3 is 2.70 bits per heavy atom. The molecule has 1 aliphatic heterocycles. The number of likely N-dealkylation sites (N-methyl/N-ethyl adjacent to an activating group) is 1. The number of nitrogens with two attached hydrogens (primary N) is 1. The summed E-state index contributed by atoms with van der Waals surface area (Å²) < 4.78 is 0. The van der Waals surface area contributed by atoms with Gasteiger partial charge in [0.1, 0.15) is 0 Å². The van der Waals surface area contributed by atoms with E-state index < -0.39 is 0 Å². The molecular weight excluding hydrogens is 250 g/mol. The highest BCUT2D eigenvalue weighted by Crippen LogP contribution is 2.14. The average Bonchev–Trinajstić information content (AvgIpc) is 2.46. The number of hydrogen-bond donors (Lipinski definition) is 1. The summed E-state index contributed by atoms with van der Waals surface area (Å²) in [5, 5.41) is 0. The lowest BCUT2D eigenvalue weighted by molar-refractivity contribution is -0.137. The number of likely N-dealkylation sites (tertiary alicyclic amines) is 1. The quantitative estimate of drug-likeness (QED) is 0.856. The van der Waals surface area contributed by atoms with Gasteiger partial charge in [0.25, 0.3) is 0 Å². The van der Waals surface area contributed by atoms with E-state index in [0.29, 0.717) is 0 Å². The molecule has 0 aromatic heterocycles. The number of amides is 1. The summed E-state index contributed by atoms with van der Waals surface area (Å²) in [5.41, 5.74) is 7.71. The van der Waals surface area contributed by atoms with E-state index in [1.165, 1.54) is 6.42 Å². The van der Waals surface area contributed by atoms with Gasteiger partial charge in [-0.25, -0.2) is 0 Å². The molecule has 0 spiro atoms. The minimum Gasteiger partial charge on any atom is -0.399 e. The number of rotatable bonds is 4. The molecule has 0 radical (unpaired) electrons. The van der Waals surface area contributed by atoms with Crippen molar-refractivity contribution in [2.45, 2.75) is 38.8 Å². The molecule has 1 heterocycles. The van der Waals surface area contributed by atoms with Gasteiger partial charge in [-0.2, -0.15) is 0 Å². The third-order valence-corrected chi connectivity index (χ3v) is 4.07. The van der Waals surface area contributed by atoms with Crippen molar-refractivity contribution >= 4 is 11.6 Å². The van der Waals surface area contributed by atoms with Gasteiger partial charge in [0.15, 0.2) is 0 Å². The molecule has 110 valence electrons. The second-order valence-electron chi connectivity index (χ2n) is 5.72. The summed E-state index contributed by atoms with van der Waals surface area (Å²) in [5.74, 6) is 0.246. The van der Waals surface area contributed by atoms with Gasteiger partial charge in [0, 0.05) is 25.3 Å². The average molecular weight is 275 g/mol. The van der Waals surface area contributed by atoms with Crippen LogP contribution in [-0.4, -0.2) is 41.9 Å². The Balaban J connectivity index is 1.93. The Morgan fingerprint density at radius 2 is 2.05 bits per heavy atom. The fraction of sp³-hybridized carbons (Fsp3) is 0.562. The molecule has 2 rings (SSSR count). The van der Waals surface area contributed by atoms with E-state index in [1.807, 2.05) is 43.1 Å². The summed E-state index contributed by atoms with van der Waals surface area (Å²) in [7, 11) is 2.00. The lowest BCUT2D eigenvalue weighted by atomic mass is 10.1. The smallest absolute Gasteiger partial charge is 0.239 e. The van der Waals surface area contributed by atoms with Crippen LogP contribution >= 0.6 is 0 Å². The van der Waals surface area contributed by atoms with E-state index in [4.69, 9.17) is 5.73 Å². The van der Waals surface area contributed by atoms with Crippen LogP contribution in [0.15, 0.2) is 24.3 Å². The summed E-state index contributed by atoms with van der Waals surface area (Å²) >= 11 is 0. The van der Waals surface area contributed by atoms with E-state index >= 15 is 0 Å². The Bertz CT molecular complexity index is 455. The first-order valence-electron chi connectivity index (χ1n) is 7.41. The Labute approximate surface area is 121 Å². The first-order chi connectivity index (χ1) is 9.58. The predicted octanol–water partition coefficient (Wildman–Crippen LogP) is 2.10. The van der Waals surface area contributed by atoms with Gasteiger partial charge in [-0.15, -0.1) is 0 Å². The van der Waals surface area contributed by atoms with Crippen LogP contribution in [0.5, 0.6) is 0 Å². The van der Waals surface area contributed by atoms with Crippen LogP contribution in [0.25, 0.3) is 0 Å². The minimum atomic E-state index is -0.0884. The standard InChI is InChI=1S/C16H25N3O/c1-13(16(20)19-9-4-3-5-10-19)18(2)12-14-7-6-8-15(17)11-14/h6-8,11,13H,3-5,9-10,12,17H2,1-2H3. The van der Waals surface area contributed by atoms with Crippen LogP contribution in [-0.2, 0) is 11.3 Å². The maximum atomic E-state index is 12.5. The van der Waals surface area contributed by atoms with Crippen molar-refractivity contribution in [3.05, 3.63) is 29.8 Å². The molecule has 1 aromatic rings. The van der Waals surface area contributed by atoms with E-state index in [9.17, 15) is 4.79 Å². The van der Waals surface area contributed by atoms with Gasteiger partial charge in [0.05, 0.1) is 6.04 Å². The zero-order valence-corrected chi connectivity index (χ0v) is 12.5. The van der Waals surface area contributed by atoms with E-state index in [2.05, 4.69) is 4.90 Å². The van der Waals surface area contributed by atoms with Gasteiger partial charge in [-0.05, 0) is 50.9 Å². The highest BCUT2D eigenvalue weighted by atomic mass is 16.2. The van der Waals surface area contributed by atoms with Crippen molar-refractivity contribution in [2.24, 2.45) is 0 Å². The Morgan fingerprint density at radius 1 is 1.35 bits per heavy atom. The third kappa shape index (κ3) is 3.73. The van der Waals surface area contributed by atoms with Crippen molar-refractivity contribution in [3.8, 4) is 0 Å². The summed E-state index contributed by atoms with van der Waals surface area (Å²) in [4.78, 5) is 16.5. The molecule has 1 aliphatic rings. The van der Waals surface area contributed by atoms with Crippen LogP contribution in [0.2, 0.25) is 0 Å². The molecule has 1 fully saturated rings. The highest BCUT2D eigenvalue weighted by molar-refractivity contribution is 5.81. The molecule has 0 aliphatic carbocycles. The normalized spacial score (nSPS) is 17.2. The molecule has 2 N–H and O–H groups in total. The maximum Gasteiger partial charge on any atom is 0.239 e. The zero-order chi connectivity index (χ0) is 14.5. The second-order valence-corrected chi connectivity index (χ2v) is 5.72. The van der Waals surface area contributed by atoms with Gasteiger partial charge >= 0.3 is 0 Å². The zero-order valence-electron chi connectivity index (χ0n) is 12.5. The van der Waals surface area contributed by atoms with E-state index in [-0.39, 0.29) is 11.9 Å². The summed E-state index contributed by atoms with van der Waals surface area (Å²) in [6, 6.07) is 7.76. The van der Waals surface area contributed by atoms with Crippen molar-refractivity contribution < 1.29 is 4.79 Å². The minimum absolute atomic E-state index is 0.0884. The first kappa shape index (κ1) is 14.9. The monoisotopic (exact) mass is 275 g/mol. The molecule has 1 atom stereocenters. The van der Waals surface area contributed by atoms with Crippen LogP contribution < -0.4 is 5.73 Å². The van der Waals surface area contributed by atoms with E-state index in [1.54, 1.807) is 0 Å². The number of nitrogen functional groups attached to an aromatic ring is 1. The van der Waals surface area contributed by atoms with Gasteiger partial charge < -0.3 is 10.6 Å². The van der Waals surface area contributed by atoms with E-state index in [0.717, 1.165) is 43.7 Å². The number of nitrogens with zero attached hydrogens (tertiary/aromatic N) is 2. The third-order valence-electron chi connectivity index (χ3n) is 4.07. The molecule has 0 bridgehead atoms. The number of hydrogen-bond acceptors (Lipinski definition) is 3. The highest BCUT2D eigenvalue weighted by Gasteiger charge is 2.24. The Hall–Kier alpha value is -1.55. The lowest BCUT2D eigenvalue weighted by Gasteiger charge is -2.32. The number of anilines is 1. The fourth-order valence-electron chi connectivity index (χ4n) is 2.68. The molecular formula is C16H25N3O. The first-order valence-corrected chi connectivity index (χ1v) is 7.41. The van der Waals surface area contributed by atoms with Crippen LogP contribution in [0.4, 0.5) is 5.69 Å². The number of carbonyl (C=O) groups excluding carboxylic acids is 1. The second kappa shape index (κ2) is 6.75. The fourth-order valence-corrected chi connectivity index (χ4v) is 2.68. The predicted molar refractivity (Wildman–Crippen MR) is 82.2 cm³/mol. The van der Waals surface area contributed by atoms with Crippen LogP contribution in [0.3, 0.4) is 0 Å². The van der Waals surface area contributed by atoms with Gasteiger partial charge in [-0.3, -0.25) is 9.69 Å². The van der Waals surface area contributed by atoms with Crippen molar-refractivity contribution in [1.82, 2.24) is 9.80 Å². The molecule has 1 amide bonds. The lowest BCUT2D eigenvalue weighted by Crippen LogP contribution is -2.47. The van der Waals surface area contributed by atoms with Crippen LogP contribution in [0, 0.1) is 0 Å². The number of piperidine rings is 1. The Kier molecular flexibility index (Phi) is 5.01. The van der Waals surface area contributed by atoms with Crippen molar-refractivity contribution in [3.63, 3.8) is 0 Å². The van der Waals surface area contributed by atoms with Crippen molar-refractivity contribution in [2.75, 3.05) is 25.9 Å². The van der Waals surface area contributed by atoms with Crippen molar-refractivity contribution in [1.29, 1.82) is 0 Å². The largest absolute Gasteiger partial charge is 0.399 e. The molecule has 20 heavy (non-hydrogen) atoms. The van der Waals surface area contributed by atoms with Gasteiger partial charge in [0.2, 0.25) is 5.91 Å². The molecule has 4 heteroatoms. The summed E-state index contributed by atoms with van der Waals surface area (Å²) in [6.07, 6.45) is 3.52. The maximum absolute atomic E-state index is 12.5. The SMILES string of the molecule is CC(C(=O)N1CCCCC1)N(C)Cc1cccc(N)c1. The molecule has 1 saturated heterocycles. The van der Waals surface area contributed by atoms with Crippen LogP contribution in [0.1, 0.15) is 31.7 Å². The molecule has 0 saturated carbocycles. The topological polar surface area (TPSA) is 49.6 Å². The number of benzene rings is 1. The summed E-state index contributed by atoms with van der Waals surface area (Å²) in [6.45, 7) is 4.56. The number of carbonyl (C=O) groups is 1. The van der Waals surface area contributed by atoms with Gasteiger partial charge in [-0.1, -0.05) is 12.1 Å².